The summed E-state index contributed by atoms with van der Waals surface area (Å²) in [4.78, 5) is 10.7. The van der Waals surface area contributed by atoms with E-state index in [9.17, 15) is 9.18 Å². The summed E-state index contributed by atoms with van der Waals surface area (Å²) >= 11 is 4.60. The number of carbonyl (C=O) groups excluding carboxylic acids is 1. The van der Waals surface area contributed by atoms with E-state index < -0.39 is 0 Å². The van der Waals surface area contributed by atoms with Crippen molar-refractivity contribution < 1.29 is 9.18 Å². The maximum Gasteiger partial charge on any atom is 0.185 e. The largest absolute Gasteiger partial charge is 0.288 e. The van der Waals surface area contributed by atoms with Crippen LogP contribution in [0, 0.1) is 5.82 Å². The fourth-order valence-electron chi connectivity index (χ4n) is 1.12. The van der Waals surface area contributed by atoms with Gasteiger partial charge < -0.3 is 0 Å². The van der Waals surface area contributed by atoms with Gasteiger partial charge in [-0.15, -0.1) is 0 Å². The van der Waals surface area contributed by atoms with Crippen LogP contribution in [0.4, 0.5) is 4.39 Å². The van der Waals surface area contributed by atoms with Gasteiger partial charge in [-0.05, 0) is 24.1 Å². The first-order valence-electron chi connectivity index (χ1n) is 4.84. The zero-order valence-electron chi connectivity index (χ0n) is 8.87. The molecule has 0 aliphatic rings. The highest BCUT2D eigenvalue weighted by molar-refractivity contribution is 9.10. The number of allylic oxidation sites excluding steroid dienone is 1. The van der Waals surface area contributed by atoms with Crippen molar-refractivity contribution in [3.8, 4) is 0 Å². The van der Waals surface area contributed by atoms with E-state index in [-0.39, 0.29) is 10.9 Å². The molecule has 86 valence electrons. The van der Waals surface area contributed by atoms with Gasteiger partial charge in [-0.25, -0.2) is 4.39 Å². The van der Waals surface area contributed by atoms with Crippen LogP contribution in [0.1, 0.15) is 18.9 Å². The lowest BCUT2D eigenvalue weighted by atomic mass is 10.2. The second kappa shape index (κ2) is 6.86. The minimum Gasteiger partial charge on any atom is -0.288 e. The summed E-state index contributed by atoms with van der Waals surface area (Å²) in [5.41, 5.74) is 0.939. The molecule has 0 radical (unpaired) electrons. The Labute approximate surface area is 107 Å². The van der Waals surface area contributed by atoms with E-state index in [2.05, 4.69) is 15.9 Å². The Hall–Kier alpha value is -0.610. The average molecular weight is 303 g/mol. The lowest BCUT2D eigenvalue weighted by Gasteiger charge is -1.98. The lowest BCUT2D eigenvalue weighted by Crippen LogP contribution is -1.84. The second-order valence-electron chi connectivity index (χ2n) is 3.20. The summed E-state index contributed by atoms with van der Waals surface area (Å²) in [7, 11) is 0. The summed E-state index contributed by atoms with van der Waals surface area (Å²) in [5.74, 6) is 0.529. The molecule has 0 spiro atoms. The van der Waals surface area contributed by atoms with Gasteiger partial charge in [-0.3, -0.25) is 4.79 Å². The molecule has 1 rings (SSSR count). The molecule has 0 aromatic heterocycles. The fourth-order valence-corrected chi connectivity index (χ4v) is 2.14. The molecule has 1 aromatic carbocycles. The van der Waals surface area contributed by atoms with E-state index in [1.165, 1.54) is 23.9 Å². The third-order valence-corrected chi connectivity index (χ3v) is 3.38. The minimum absolute atomic E-state index is 0.136. The van der Waals surface area contributed by atoms with Crippen LogP contribution in [-0.4, -0.2) is 10.9 Å². The molecule has 0 fully saturated rings. The number of hydrogen-bond donors (Lipinski definition) is 0. The van der Waals surface area contributed by atoms with Crippen molar-refractivity contribution in [2.24, 2.45) is 0 Å². The van der Waals surface area contributed by atoms with Gasteiger partial charge in [0.25, 0.3) is 0 Å². The third-order valence-electron chi connectivity index (χ3n) is 1.85. The van der Waals surface area contributed by atoms with E-state index in [0.717, 1.165) is 22.2 Å². The van der Waals surface area contributed by atoms with Gasteiger partial charge in [-0.2, -0.15) is 0 Å². The molecule has 0 N–H and O–H groups in total. The predicted molar refractivity (Wildman–Crippen MR) is 70.9 cm³/mol. The summed E-state index contributed by atoms with van der Waals surface area (Å²) < 4.78 is 13.5. The van der Waals surface area contributed by atoms with Gasteiger partial charge in [0.15, 0.2) is 5.12 Å². The zero-order valence-corrected chi connectivity index (χ0v) is 11.3. The van der Waals surface area contributed by atoms with E-state index in [1.807, 2.05) is 12.2 Å². The van der Waals surface area contributed by atoms with Gasteiger partial charge in [0.1, 0.15) is 5.82 Å². The Balaban J connectivity index is 2.47. The number of halogens is 2. The number of hydrogen-bond acceptors (Lipinski definition) is 2. The number of rotatable bonds is 4. The van der Waals surface area contributed by atoms with E-state index in [4.69, 9.17) is 0 Å². The van der Waals surface area contributed by atoms with E-state index in [0.29, 0.717) is 0 Å². The van der Waals surface area contributed by atoms with Crippen LogP contribution < -0.4 is 0 Å². The quantitative estimate of drug-likeness (QED) is 0.773. The lowest BCUT2D eigenvalue weighted by molar-refractivity contribution is -0.109. The Bertz CT molecular complexity index is 404. The third kappa shape index (κ3) is 4.94. The maximum atomic E-state index is 12.8. The maximum absolute atomic E-state index is 12.8. The summed E-state index contributed by atoms with van der Waals surface area (Å²) in [6.07, 6.45) is 4.73. The fraction of sp³-hybridized carbons (Fsp3) is 0.250. The molecule has 4 heteroatoms. The molecule has 1 nitrogen and oxygen atoms in total. The molecule has 0 saturated heterocycles. The van der Waals surface area contributed by atoms with Gasteiger partial charge in [0, 0.05) is 17.1 Å². The Morgan fingerprint density at radius 3 is 2.94 bits per heavy atom. The van der Waals surface area contributed by atoms with E-state index in [1.54, 1.807) is 13.0 Å². The van der Waals surface area contributed by atoms with Gasteiger partial charge in [0.05, 0.1) is 0 Å². The van der Waals surface area contributed by atoms with Gasteiger partial charge in [0.2, 0.25) is 0 Å². The molecule has 0 heterocycles. The van der Waals surface area contributed by atoms with Crippen LogP contribution in [0.3, 0.4) is 0 Å². The van der Waals surface area contributed by atoms with Crippen molar-refractivity contribution in [1.82, 2.24) is 0 Å². The smallest absolute Gasteiger partial charge is 0.185 e. The normalized spacial score (nSPS) is 10.9. The standard InChI is InChI=1S/C12H12BrFOS/c1-9(15)16-7-3-2-4-10-5-6-11(14)8-12(10)13/h2,4-6,8H,3,7H2,1H3. The topological polar surface area (TPSA) is 17.1 Å². The minimum atomic E-state index is -0.254. The van der Waals surface area contributed by atoms with Crippen LogP contribution >= 0.6 is 27.7 Å². The summed E-state index contributed by atoms with van der Waals surface area (Å²) in [6.45, 7) is 1.56. The van der Waals surface area contributed by atoms with Crippen LogP contribution in [-0.2, 0) is 4.79 Å². The zero-order chi connectivity index (χ0) is 12.0. The molecule has 0 saturated carbocycles. The molecule has 0 unspecified atom stereocenters. The molecule has 0 amide bonds. The van der Waals surface area contributed by atoms with Crippen molar-refractivity contribution in [3.63, 3.8) is 0 Å². The first kappa shape index (κ1) is 13.5. The van der Waals surface area contributed by atoms with E-state index >= 15 is 0 Å². The highest BCUT2D eigenvalue weighted by Gasteiger charge is 1.97. The molecule has 0 aliphatic heterocycles. The molecule has 0 aliphatic carbocycles. The van der Waals surface area contributed by atoms with Crippen molar-refractivity contribution >= 4 is 38.9 Å². The van der Waals surface area contributed by atoms with Crippen molar-refractivity contribution in [1.29, 1.82) is 0 Å². The molecule has 0 bridgehead atoms. The summed E-state index contributed by atoms with van der Waals surface area (Å²) in [6, 6.07) is 4.58. The first-order valence-corrected chi connectivity index (χ1v) is 6.62. The molecular weight excluding hydrogens is 291 g/mol. The Morgan fingerprint density at radius 1 is 1.56 bits per heavy atom. The second-order valence-corrected chi connectivity index (χ2v) is 5.32. The van der Waals surface area contributed by atoms with Crippen LogP contribution in [0.15, 0.2) is 28.7 Å². The molecular formula is C12H12BrFOS. The Kier molecular flexibility index (Phi) is 5.77. The number of carbonyl (C=O) groups is 1. The monoisotopic (exact) mass is 302 g/mol. The molecule has 0 atom stereocenters. The van der Waals surface area contributed by atoms with Crippen molar-refractivity contribution in [2.45, 2.75) is 13.3 Å². The van der Waals surface area contributed by atoms with Gasteiger partial charge in [-0.1, -0.05) is 45.9 Å². The molecule has 16 heavy (non-hydrogen) atoms. The number of benzene rings is 1. The number of thioether (sulfide) groups is 1. The summed E-state index contributed by atoms with van der Waals surface area (Å²) in [5, 5.41) is 0.136. The molecule has 1 aromatic rings. The van der Waals surface area contributed by atoms with Crippen LogP contribution in [0.2, 0.25) is 0 Å². The highest BCUT2D eigenvalue weighted by atomic mass is 79.9. The SMILES string of the molecule is CC(=O)SCCC=Cc1ccc(F)cc1Br. The average Bonchev–Trinajstić information content (AvgIpc) is 2.20. The first-order chi connectivity index (χ1) is 7.59. The van der Waals surface area contributed by atoms with Gasteiger partial charge >= 0.3 is 0 Å². The predicted octanol–water partition coefficient (Wildman–Crippen LogP) is 4.27. The highest BCUT2D eigenvalue weighted by Crippen LogP contribution is 2.19. The Morgan fingerprint density at radius 2 is 2.31 bits per heavy atom. The van der Waals surface area contributed by atoms with Crippen molar-refractivity contribution in [3.05, 3.63) is 40.1 Å². The van der Waals surface area contributed by atoms with Crippen LogP contribution in [0.5, 0.6) is 0 Å². The van der Waals surface area contributed by atoms with Crippen LogP contribution in [0.25, 0.3) is 6.08 Å². The van der Waals surface area contributed by atoms with Crippen molar-refractivity contribution in [2.75, 3.05) is 5.75 Å².